The molecule has 308 valence electrons. The van der Waals surface area contributed by atoms with Crippen LogP contribution in [-0.2, 0) is 24.3 Å². The number of nitrogens with zero attached hydrogens (tertiary/aromatic N) is 1. The van der Waals surface area contributed by atoms with Crippen LogP contribution in [0.5, 0.6) is 5.75 Å². The Hall–Kier alpha value is -2.88. The molecule has 1 aliphatic carbocycles. The highest BCUT2D eigenvalue weighted by molar-refractivity contribution is 7.12. The molecule has 4 aromatic rings. The van der Waals surface area contributed by atoms with Crippen molar-refractivity contribution in [2.45, 2.75) is 121 Å². The SMILES string of the molecule is CN(CCCOCCCCCCNC[C@H](O[Si](C)(C)C(C)(C)C)c1ccc(O)c2[nH]c(=O)ccc12)C1CCC(OC(=O)C(O)(c2cccs2)c2cccs2)CC1. The third-order valence-electron chi connectivity index (χ3n) is 11.6. The van der Waals surface area contributed by atoms with Gasteiger partial charge in [-0.15, -0.1) is 22.7 Å². The number of aromatic hydroxyl groups is 1. The minimum absolute atomic E-state index is 0.0371. The van der Waals surface area contributed by atoms with Crippen molar-refractivity contribution in [2.75, 3.05) is 39.9 Å². The predicted octanol–water partition coefficient (Wildman–Crippen LogP) is 8.70. The maximum atomic E-state index is 13.3. The van der Waals surface area contributed by atoms with E-state index < -0.39 is 19.9 Å². The Labute approximate surface area is 341 Å². The molecule has 0 bridgehead atoms. The van der Waals surface area contributed by atoms with Gasteiger partial charge in [0.2, 0.25) is 11.2 Å². The zero-order valence-electron chi connectivity index (χ0n) is 34.1. The van der Waals surface area contributed by atoms with E-state index in [-0.39, 0.29) is 28.6 Å². The number of benzene rings is 1. The molecule has 0 amide bonds. The Morgan fingerprint density at radius 3 is 2.25 bits per heavy atom. The molecule has 5 rings (SSSR count). The standard InChI is InChI=1S/C43H63N3O7S2Si/c1-42(2,3)56(5,6)53-36(33-20-22-35(47)40-34(33)21-23-39(48)45-40)30-44-24-9-7-8-10-26-51-27-13-25-46(4)31-16-18-32(19-17-31)52-41(49)43(50,37-14-11-28-54-37)38-15-12-29-55-38/h11-12,14-15,20-23,28-29,31-32,36,44,47,50H,7-10,13,16-19,24-27,30H2,1-6H3,(H,45,48)/t31?,32?,36-/m0/s1. The lowest BCUT2D eigenvalue weighted by Gasteiger charge is -2.39. The predicted molar refractivity (Wildman–Crippen MR) is 230 cm³/mol. The molecule has 3 heterocycles. The fourth-order valence-electron chi connectivity index (χ4n) is 7.16. The first-order valence-electron chi connectivity index (χ1n) is 20.2. The number of phenolic OH excluding ortho intramolecular Hbond substituents is 1. The van der Waals surface area contributed by atoms with Crippen molar-refractivity contribution in [3.05, 3.63) is 85.0 Å². The average Bonchev–Trinajstić information content (AvgIpc) is 3.91. The first kappa shape index (κ1) is 44.2. The van der Waals surface area contributed by atoms with E-state index in [2.05, 4.69) is 56.1 Å². The molecule has 1 aromatic carbocycles. The smallest absolute Gasteiger partial charge is 0.349 e. The Morgan fingerprint density at radius 2 is 1.61 bits per heavy atom. The molecule has 0 unspecified atom stereocenters. The molecule has 4 N–H and O–H groups in total. The molecule has 0 saturated heterocycles. The van der Waals surface area contributed by atoms with E-state index in [9.17, 15) is 19.8 Å². The van der Waals surface area contributed by atoms with Gasteiger partial charge in [0, 0.05) is 43.8 Å². The van der Waals surface area contributed by atoms with E-state index in [4.69, 9.17) is 13.9 Å². The van der Waals surface area contributed by atoms with Gasteiger partial charge < -0.3 is 39.3 Å². The van der Waals surface area contributed by atoms with E-state index in [0.717, 1.165) is 95.0 Å². The third-order valence-corrected chi connectivity index (χ3v) is 18.1. The highest BCUT2D eigenvalue weighted by Crippen LogP contribution is 2.41. The van der Waals surface area contributed by atoms with Crippen LogP contribution >= 0.6 is 22.7 Å². The molecule has 1 atom stereocenters. The normalized spacial score (nSPS) is 17.4. The summed E-state index contributed by atoms with van der Waals surface area (Å²) in [5, 5.41) is 30.2. The summed E-state index contributed by atoms with van der Waals surface area (Å²) in [5.41, 5.74) is -0.582. The molecule has 3 aromatic heterocycles. The Kier molecular flexibility index (Phi) is 15.9. The van der Waals surface area contributed by atoms with Crippen molar-refractivity contribution in [3.8, 4) is 5.75 Å². The maximum Gasteiger partial charge on any atom is 0.349 e. The van der Waals surface area contributed by atoms with Gasteiger partial charge in [-0.25, -0.2) is 4.79 Å². The van der Waals surface area contributed by atoms with Crippen molar-refractivity contribution < 1.29 is 28.9 Å². The molecule has 10 nitrogen and oxygen atoms in total. The summed E-state index contributed by atoms with van der Waals surface area (Å²) < 4.78 is 18.8. The van der Waals surface area contributed by atoms with Crippen molar-refractivity contribution in [2.24, 2.45) is 0 Å². The van der Waals surface area contributed by atoms with Crippen LogP contribution in [0.25, 0.3) is 10.9 Å². The summed E-state index contributed by atoms with van der Waals surface area (Å²) >= 11 is 2.73. The molecule has 0 spiro atoms. The van der Waals surface area contributed by atoms with E-state index >= 15 is 0 Å². The van der Waals surface area contributed by atoms with E-state index in [1.165, 1.54) is 28.7 Å². The van der Waals surface area contributed by atoms with Gasteiger partial charge in [0.25, 0.3) is 0 Å². The number of aromatic nitrogens is 1. The summed E-state index contributed by atoms with van der Waals surface area (Å²) in [7, 11) is 0.0562. The largest absolute Gasteiger partial charge is 0.506 e. The number of phenols is 1. The number of hydrogen-bond acceptors (Lipinski definition) is 11. The molecule has 1 fully saturated rings. The van der Waals surface area contributed by atoms with Gasteiger partial charge in [-0.1, -0.05) is 51.8 Å². The maximum absolute atomic E-state index is 13.3. The van der Waals surface area contributed by atoms with Crippen LogP contribution in [0, 0.1) is 0 Å². The number of ether oxygens (including phenoxy) is 2. The number of H-pyrrole nitrogens is 1. The molecule has 13 heteroatoms. The number of carbonyl (C=O) groups excluding carboxylic acids is 1. The fraction of sp³-hybridized carbons (Fsp3) is 0.581. The van der Waals surface area contributed by atoms with Crippen molar-refractivity contribution in [3.63, 3.8) is 0 Å². The van der Waals surface area contributed by atoms with Crippen LogP contribution in [0.3, 0.4) is 0 Å². The van der Waals surface area contributed by atoms with E-state index in [0.29, 0.717) is 27.9 Å². The van der Waals surface area contributed by atoms with Gasteiger partial charge >= 0.3 is 5.97 Å². The second kappa shape index (κ2) is 20.2. The molecular formula is C43H63N3O7S2Si. The van der Waals surface area contributed by atoms with Crippen molar-refractivity contribution in [1.29, 1.82) is 0 Å². The van der Waals surface area contributed by atoms with Crippen LogP contribution in [0.4, 0.5) is 0 Å². The second-order valence-corrected chi connectivity index (χ2v) is 23.4. The molecule has 1 aliphatic rings. The van der Waals surface area contributed by atoms with Gasteiger partial charge in [-0.3, -0.25) is 4.79 Å². The number of thiophene rings is 2. The third kappa shape index (κ3) is 11.4. The van der Waals surface area contributed by atoms with Crippen molar-refractivity contribution in [1.82, 2.24) is 15.2 Å². The summed E-state index contributed by atoms with van der Waals surface area (Å²) in [5.74, 6) is -0.519. The Balaban J connectivity index is 0.942. The number of esters is 1. The Morgan fingerprint density at radius 1 is 0.946 bits per heavy atom. The van der Waals surface area contributed by atoms with Crippen LogP contribution in [0.1, 0.15) is 100.0 Å². The summed E-state index contributed by atoms with van der Waals surface area (Å²) in [4.78, 5) is 31.7. The number of nitrogens with one attached hydrogen (secondary N) is 2. The topological polar surface area (TPSA) is 133 Å². The zero-order valence-corrected chi connectivity index (χ0v) is 36.7. The molecule has 56 heavy (non-hydrogen) atoms. The van der Waals surface area contributed by atoms with Gasteiger partial charge in [-0.2, -0.15) is 0 Å². The molecule has 0 radical (unpaired) electrons. The fourth-order valence-corrected chi connectivity index (χ4v) is 10.1. The van der Waals surface area contributed by atoms with Crippen LogP contribution < -0.4 is 10.9 Å². The summed E-state index contributed by atoms with van der Waals surface area (Å²) in [6, 6.07) is 14.6. The molecular weight excluding hydrogens is 763 g/mol. The number of pyridine rings is 1. The lowest BCUT2D eigenvalue weighted by Crippen LogP contribution is -2.43. The lowest BCUT2D eigenvalue weighted by molar-refractivity contribution is -0.169. The average molecular weight is 826 g/mol. The Bertz CT molecular complexity index is 1820. The first-order chi connectivity index (χ1) is 26.7. The zero-order chi connectivity index (χ0) is 40.3. The first-order valence-corrected chi connectivity index (χ1v) is 24.9. The van der Waals surface area contributed by atoms with Crippen LogP contribution in [-0.4, -0.2) is 86.4 Å². The highest BCUT2D eigenvalue weighted by atomic mass is 32.1. The van der Waals surface area contributed by atoms with Crippen LogP contribution in [0.15, 0.2) is 64.1 Å². The number of aliphatic hydroxyl groups is 1. The van der Waals surface area contributed by atoms with Gasteiger partial charge in [0.15, 0.2) is 8.32 Å². The van der Waals surface area contributed by atoms with E-state index in [1.54, 1.807) is 24.3 Å². The minimum Gasteiger partial charge on any atom is -0.506 e. The number of carbonyl (C=O) groups is 1. The number of fused-ring (bicyclic) bond motifs is 1. The molecule has 0 aliphatic heterocycles. The minimum atomic E-state index is -2.12. The number of hydrogen-bond donors (Lipinski definition) is 4. The number of aromatic amines is 1. The van der Waals surface area contributed by atoms with E-state index in [1.807, 2.05) is 29.0 Å². The van der Waals surface area contributed by atoms with Crippen LogP contribution in [0.2, 0.25) is 18.1 Å². The monoisotopic (exact) mass is 825 g/mol. The van der Waals surface area contributed by atoms with Gasteiger partial charge in [0.1, 0.15) is 11.9 Å². The number of unbranched alkanes of at least 4 members (excludes halogenated alkanes) is 3. The van der Waals surface area contributed by atoms with Gasteiger partial charge in [0.05, 0.1) is 21.4 Å². The second-order valence-electron chi connectivity index (χ2n) is 16.7. The number of rotatable bonds is 21. The quantitative estimate of drug-likeness (QED) is 0.0370. The summed E-state index contributed by atoms with van der Waals surface area (Å²) in [6.45, 7) is 15.2. The highest BCUT2D eigenvalue weighted by Gasteiger charge is 2.45. The lowest BCUT2D eigenvalue weighted by atomic mass is 9.91. The van der Waals surface area contributed by atoms with Crippen molar-refractivity contribution >= 4 is 47.9 Å². The van der Waals surface area contributed by atoms with Gasteiger partial charge in [-0.05, 0) is 117 Å². The molecule has 1 saturated carbocycles. The summed E-state index contributed by atoms with van der Waals surface area (Å²) in [6.07, 6.45) is 8.44.